The largest absolute Gasteiger partial charge is 0.490 e. The van der Waals surface area contributed by atoms with E-state index in [1.165, 1.54) is 29.2 Å². The Morgan fingerprint density at radius 2 is 1.85 bits per heavy atom. The van der Waals surface area contributed by atoms with Crippen molar-refractivity contribution in [3.63, 3.8) is 0 Å². The fraction of sp³-hybridized carbons (Fsp3) is 0.548. The molecule has 0 radical (unpaired) electrons. The summed E-state index contributed by atoms with van der Waals surface area (Å²) in [6, 6.07) is 10.4. The highest BCUT2D eigenvalue weighted by Gasteiger charge is 2.31. The molecule has 0 saturated carbocycles. The minimum atomic E-state index is -0.453. The molecule has 0 bridgehead atoms. The summed E-state index contributed by atoms with van der Waals surface area (Å²) < 4.78 is 25.8. The summed E-state index contributed by atoms with van der Waals surface area (Å²) in [5, 5.41) is 12.9. The summed E-state index contributed by atoms with van der Waals surface area (Å²) in [6.45, 7) is 6.68. The van der Waals surface area contributed by atoms with Gasteiger partial charge in [0.25, 0.3) is 5.91 Å². The lowest BCUT2D eigenvalue weighted by Crippen LogP contribution is -2.48. The van der Waals surface area contributed by atoms with Gasteiger partial charge in [0, 0.05) is 58.1 Å². The third-order valence-corrected chi connectivity index (χ3v) is 7.45. The van der Waals surface area contributed by atoms with Gasteiger partial charge < -0.3 is 34.6 Å². The first kappa shape index (κ1) is 32.1. The molecule has 10 heteroatoms. The van der Waals surface area contributed by atoms with E-state index in [-0.39, 0.29) is 49.0 Å². The highest BCUT2D eigenvalue weighted by molar-refractivity contribution is 5.98. The van der Waals surface area contributed by atoms with Gasteiger partial charge >= 0.3 is 6.03 Å². The highest BCUT2D eigenvalue weighted by Crippen LogP contribution is 2.29. The summed E-state index contributed by atoms with van der Waals surface area (Å²) in [4.78, 5) is 32.1. The molecule has 1 aliphatic rings. The van der Waals surface area contributed by atoms with Crippen LogP contribution < -0.4 is 15.0 Å². The first-order valence-electron chi connectivity index (χ1n) is 14.3. The molecule has 0 saturated heterocycles. The number of amides is 3. The van der Waals surface area contributed by atoms with Crippen LogP contribution in [0.4, 0.5) is 20.6 Å². The number of aliphatic hydroxyl groups excluding tert-OH is 1. The van der Waals surface area contributed by atoms with Crippen molar-refractivity contribution in [2.45, 2.75) is 58.3 Å². The van der Waals surface area contributed by atoms with Crippen molar-refractivity contribution in [2.24, 2.45) is 5.92 Å². The van der Waals surface area contributed by atoms with Gasteiger partial charge in [-0.05, 0) is 75.6 Å². The minimum Gasteiger partial charge on any atom is -0.490 e. The van der Waals surface area contributed by atoms with Crippen LogP contribution in [0.2, 0.25) is 0 Å². The quantitative estimate of drug-likeness (QED) is 0.514. The molecule has 9 nitrogen and oxygen atoms in total. The van der Waals surface area contributed by atoms with E-state index in [4.69, 9.17) is 9.47 Å². The van der Waals surface area contributed by atoms with Gasteiger partial charge in [0.15, 0.2) is 0 Å². The van der Waals surface area contributed by atoms with Crippen molar-refractivity contribution in [3.05, 3.63) is 53.8 Å². The second kappa shape index (κ2) is 15.0. The predicted octanol–water partition coefficient (Wildman–Crippen LogP) is 4.85. The average Bonchev–Trinajstić information content (AvgIpc) is 2.94. The topological polar surface area (TPSA) is 94.6 Å². The van der Waals surface area contributed by atoms with Crippen LogP contribution in [0.25, 0.3) is 0 Å². The molecule has 3 amide bonds. The Kier molecular flexibility index (Phi) is 11.8. The Morgan fingerprint density at radius 1 is 1.15 bits per heavy atom. The number of hydrogen-bond donors (Lipinski definition) is 2. The van der Waals surface area contributed by atoms with Crippen LogP contribution in [0.15, 0.2) is 42.5 Å². The number of fused-ring (bicyclic) bond motifs is 1. The maximum absolute atomic E-state index is 14.1. The van der Waals surface area contributed by atoms with E-state index >= 15 is 0 Å². The van der Waals surface area contributed by atoms with E-state index in [0.717, 1.165) is 24.9 Å². The second-order valence-electron chi connectivity index (χ2n) is 11.2. The normalized spacial score (nSPS) is 21.2. The van der Waals surface area contributed by atoms with Crippen LogP contribution in [0, 0.1) is 11.7 Å². The van der Waals surface area contributed by atoms with Gasteiger partial charge in [-0.15, -0.1) is 0 Å². The molecule has 41 heavy (non-hydrogen) atoms. The highest BCUT2D eigenvalue weighted by atomic mass is 19.1. The predicted molar refractivity (Wildman–Crippen MR) is 159 cm³/mol. The van der Waals surface area contributed by atoms with Crippen LogP contribution in [0.1, 0.15) is 50.4 Å². The number of benzene rings is 2. The lowest BCUT2D eigenvalue weighted by atomic mass is 10.0. The van der Waals surface area contributed by atoms with E-state index in [9.17, 15) is 19.1 Å². The number of carbonyl (C=O) groups is 2. The Morgan fingerprint density at radius 3 is 2.51 bits per heavy atom. The van der Waals surface area contributed by atoms with Crippen molar-refractivity contribution in [2.75, 3.05) is 57.7 Å². The van der Waals surface area contributed by atoms with Crippen LogP contribution in [-0.4, -0.2) is 92.5 Å². The maximum Gasteiger partial charge on any atom is 0.321 e. The summed E-state index contributed by atoms with van der Waals surface area (Å²) in [7, 11) is 5.51. The molecule has 0 aromatic heterocycles. The first-order chi connectivity index (χ1) is 19.5. The Labute approximate surface area is 243 Å². The number of ether oxygens (including phenoxy) is 2. The zero-order valence-corrected chi connectivity index (χ0v) is 25.1. The van der Waals surface area contributed by atoms with Gasteiger partial charge in [-0.2, -0.15) is 0 Å². The minimum absolute atomic E-state index is 0.102. The molecule has 0 spiro atoms. The van der Waals surface area contributed by atoms with Crippen LogP contribution >= 0.6 is 0 Å². The molecule has 1 aliphatic heterocycles. The summed E-state index contributed by atoms with van der Waals surface area (Å²) in [6.07, 6.45) is 2.03. The van der Waals surface area contributed by atoms with Gasteiger partial charge in [0.1, 0.15) is 11.6 Å². The first-order valence-corrected chi connectivity index (χ1v) is 14.3. The fourth-order valence-corrected chi connectivity index (χ4v) is 4.76. The molecule has 1 heterocycles. The number of urea groups is 1. The van der Waals surface area contributed by atoms with E-state index in [1.54, 1.807) is 11.9 Å². The molecular weight excluding hydrogens is 527 g/mol. The van der Waals surface area contributed by atoms with E-state index < -0.39 is 6.04 Å². The number of rotatable bonds is 6. The Bertz CT molecular complexity index is 1150. The summed E-state index contributed by atoms with van der Waals surface area (Å²) >= 11 is 0. The fourth-order valence-electron chi connectivity index (χ4n) is 4.76. The van der Waals surface area contributed by atoms with Crippen LogP contribution in [0.5, 0.6) is 5.75 Å². The smallest absolute Gasteiger partial charge is 0.321 e. The van der Waals surface area contributed by atoms with Gasteiger partial charge in [-0.1, -0.05) is 6.92 Å². The molecule has 4 atom stereocenters. The van der Waals surface area contributed by atoms with Gasteiger partial charge in [0.05, 0.1) is 30.4 Å². The number of nitrogens with one attached hydrogen (secondary N) is 1. The van der Waals surface area contributed by atoms with Crippen molar-refractivity contribution in [1.82, 2.24) is 9.80 Å². The molecule has 2 aromatic carbocycles. The van der Waals surface area contributed by atoms with Crippen molar-refractivity contribution < 1.29 is 28.6 Å². The standard InChI is InChI=1S/C31H45FN4O5/c1-21-18-36(22(2)20-37)30(38)27-17-26(34(4)5)14-15-28(27)41-23(3)9-7-8-16-40-29(21)19-35(6)31(39)33-25-12-10-24(32)11-13-25/h10-15,17,21-23,29,37H,7-9,16,18-20H2,1-6H3,(H,33,39)/t21-,22-,23-,29-/m0/s1. The summed E-state index contributed by atoms with van der Waals surface area (Å²) in [5.41, 5.74) is 1.80. The Hall–Kier alpha value is -3.37. The molecule has 226 valence electrons. The van der Waals surface area contributed by atoms with Crippen molar-refractivity contribution in [3.8, 4) is 5.75 Å². The van der Waals surface area contributed by atoms with Crippen LogP contribution in [0.3, 0.4) is 0 Å². The monoisotopic (exact) mass is 572 g/mol. The number of carbonyl (C=O) groups excluding carboxylic acids is 2. The molecule has 2 aromatic rings. The number of anilines is 2. The van der Waals surface area contributed by atoms with Crippen LogP contribution in [-0.2, 0) is 4.74 Å². The molecule has 2 N–H and O–H groups in total. The van der Waals surface area contributed by atoms with E-state index in [1.807, 2.05) is 58.0 Å². The molecule has 3 rings (SSSR count). The number of hydrogen-bond acceptors (Lipinski definition) is 6. The number of nitrogens with zero attached hydrogens (tertiary/aromatic N) is 3. The molecule has 0 fully saturated rings. The van der Waals surface area contributed by atoms with Gasteiger partial charge in [0.2, 0.25) is 0 Å². The van der Waals surface area contributed by atoms with E-state index in [0.29, 0.717) is 30.2 Å². The van der Waals surface area contributed by atoms with Crippen molar-refractivity contribution in [1.29, 1.82) is 0 Å². The molecule has 0 aliphatic carbocycles. The lowest BCUT2D eigenvalue weighted by Gasteiger charge is -2.36. The number of halogens is 1. The summed E-state index contributed by atoms with van der Waals surface area (Å²) in [5.74, 6) is -0.256. The zero-order chi connectivity index (χ0) is 30.1. The third-order valence-electron chi connectivity index (χ3n) is 7.45. The van der Waals surface area contributed by atoms with Gasteiger partial charge in [-0.3, -0.25) is 4.79 Å². The average molecular weight is 573 g/mol. The van der Waals surface area contributed by atoms with Crippen molar-refractivity contribution >= 4 is 23.3 Å². The lowest BCUT2D eigenvalue weighted by molar-refractivity contribution is -0.0115. The maximum atomic E-state index is 14.1. The number of likely N-dealkylation sites (N-methyl/N-ethyl adjacent to an activating group) is 1. The number of aliphatic hydroxyl groups is 1. The zero-order valence-electron chi connectivity index (χ0n) is 25.1. The molecule has 0 unspecified atom stereocenters. The van der Waals surface area contributed by atoms with Gasteiger partial charge in [-0.25, -0.2) is 9.18 Å². The van der Waals surface area contributed by atoms with E-state index in [2.05, 4.69) is 5.32 Å². The SMILES string of the molecule is C[C@H]1CCCCO[C@@H](CN(C)C(=O)Nc2ccc(F)cc2)[C@@H](C)CN([C@@H](C)CO)C(=O)c2cc(N(C)C)ccc2O1. The second-order valence-corrected chi connectivity index (χ2v) is 11.2. The molecular formula is C31H45FN4O5. The third kappa shape index (κ3) is 9.06. The Balaban J connectivity index is 1.87.